The summed E-state index contributed by atoms with van der Waals surface area (Å²) in [5, 5.41) is 11.9. The lowest BCUT2D eigenvalue weighted by Gasteiger charge is -2.31. The molecule has 2 heterocycles. The van der Waals surface area contributed by atoms with E-state index in [1.54, 1.807) is 24.2 Å². The molecule has 2 saturated heterocycles. The fraction of sp³-hybridized carbons (Fsp3) is 0.556. The summed E-state index contributed by atoms with van der Waals surface area (Å²) in [7, 11) is 1.80. The van der Waals surface area contributed by atoms with E-state index < -0.39 is 12.0 Å². The first-order chi connectivity index (χ1) is 11.6. The van der Waals surface area contributed by atoms with E-state index in [2.05, 4.69) is 5.43 Å². The Balaban J connectivity index is 1.67. The Labute approximate surface area is 141 Å². The number of hydrogen-bond donors (Lipinski definition) is 2. The molecule has 6 heteroatoms. The fourth-order valence-corrected chi connectivity index (χ4v) is 4.52. The van der Waals surface area contributed by atoms with E-state index in [4.69, 9.17) is 0 Å². The number of nitrogens with one attached hydrogen (secondary N) is 1. The van der Waals surface area contributed by atoms with Crippen molar-refractivity contribution in [3.8, 4) is 5.75 Å². The maximum Gasteiger partial charge on any atom is 0.249 e. The molecule has 0 aromatic heterocycles. The van der Waals surface area contributed by atoms with Crippen molar-refractivity contribution in [3.63, 3.8) is 0 Å². The van der Waals surface area contributed by atoms with Gasteiger partial charge < -0.3 is 5.11 Å². The van der Waals surface area contributed by atoms with E-state index in [1.165, 1.54) is 11.3 Å². The van der Waals surface area contributed by atoms with Crippen LogP contribution in [0.25, 0.3) is 0 Å². The maximum absolute atomic E-state index is 13.1. The van der Waals surface area contributed by atoms with E-state index in [1.807, 2.05) is 12.1 Å². The summed E-state index contributed by atoms with van der Waals surface area (Å²) in [4.78, 5) is 27.6. The summed E-state index contributed by atoms with van der Waals surface area (Å²) in [6.45, 7) is 0. The lowest BCUT2D eigenvalue weighted by atomic mass is 9.90. The molecule has 2 aliphatic heterocycles. The number of likely N-dealkylation sites (tertiary alicyclic amines) is 1. The molecule has 3 aliphatic rings. The molecule has 1 saturated carbocycles. The second kappa shape index (κ2) is 5.86. The lowest BCUT2D eigenvalue weighted by Crippen LogP contribution is -2.47. The minimum atomic E-state index is -0.482. The Hall–Kier alpha value is -1.92. The van der Waals surface area contributed by atoms with Gasteiger partial charge in [0.05, 0.1) is 12.0 Å². The van der Waals surface area contributed by atoms with Crippen molar-refractivity contribution < 1.29 is 14.7 Å². The summed E-state index contributed by atoms with van der Waals surface area (Å²) in [5.41, 5.74) is 3.87. The van der Waals surface area contributed by atoms with Crippen LogP contribution in [0.2, 0.25) is 0 Å². The summed E-state index contributed by atoms with van der Waals surface area (Å²) in [6, 6.07) is 6.21. The van der Waals surface area contributed by atoms with E-state index >= 15 is 0 Å². The number of fused-ring (bicyclic) bond motifs is 1. The van der Waals surface area contributed by atoms with Gasteiger partial charge in [0.2, 0.25) is 11.8 Å². The third kappa shape index (κ3) is 2.24. The topological polar surface area (TPSA) is 72.9 Å². The largest absolute Gasteiger partial charge is 0.508 e. The number of aromatic hydroxyl groups is 1. The number of carbonyl (C=O) groups excluding carboxylic acids is 2. The molecule has 4 rings (SSSR count). The fourth-order valence-electron chi connectivity index (χ4n) is 4.52. The molecule has 1 aromatic carbocycles. The van der Waals surface area contributed by atoms with Crippen molar-refractivity contribution >= 4 is 11.8 Å². The van der Waals surface area contributed by atoms with Crippen molar-refractivity contribution in [1.82, 2.24) is 15.3 Å². The smallest absolute Gasteiger partial charge is 0.249 e. The van der Waals surface area contributed by atoms with Crippen LogP contribution in [0, 0.1) is 5.92 Å². The van der Waals surface area contributed by atoms with Crippen LogP contribution in [-0.4, -0.2) is 46.0 Å². The Morgan fingerprint density at radius 1 is 1.08 bits per heavy atom. The predicted octanol–water partition coefficient (Wildman–Crippen LogP) is 1.57. The molecule has 24 heavy (non-hydrogen) atoms. The Morgan fingerprint density at radius 2 is 1.79 bits per heavy atom. The van der Waals surface area contributed by atoms with Crippen LogP contribution < -0.4 is 5.43 Å². The quantitative estimate of drug-likeness (QED) is 0.806. The Kier molecular flexibility index (Phi) is 3.81. The summed E-state index contributed by atoms with van der Waals surface area (Å²) in [6.07, 6.45) is 5.16. The number of hydrogen-bond acceptors (Lipinski definition) is 5. The number of benzene rings is 1. The molecular weight excluding hydrogens is 306 g/mol. The zero-order chi connectivity index (χ0) is 16.8. The van der Waals surface area contributed by atoms with Crippen molar-refractivity contribution in [2.75, 3.05) is 7.05 Å². The highest BCUT2D eigenvalue weighted by Crippen LogP contribution is 2.43. The first kappa shape index (κ1) is 15.6. The Morgan fingerprint density at radius 3 is 2.50 bits per heavy atom. The number of para-hydroxylation sites is 1. The van der Waals surface area contributed by atoms with Crippen LogP contribution in [0.5, 0.6) is 5.75 Å². The maximum atomic E-state index is 13.1. The number of rotatable bonds is 2. The van der Waals surface area contributed by atoms with Crippen molar-refractivity contribution in [3.05, 3.63) is 29.8 Å². The van der Waals surface area contributed by atoms with E-state index in [0.29, 0.717) is 5.56 Å². The second-order valence-corrected chi connectivity index (χ2v) is 7.09. The normalized spacial score (nSPS) is 31.7. The predicted molar refractivity (Wildman–Crippen MR) is 87.8 cm³/mol. The number of carbonyl (C=O) groups is 2. The average Bonchev–Trinajstić information content (AvgIpc) is 3.05. The van der Waals surface area contributed by atoms with Crippen molar-refractivity contribution in [2.45, 2.75) is 50.2 Å². The van der Waals surface area contributed by atoms with Gasteiger partial charge in [0, 0.05) is 18.7 Å². The third-order valence-corrected chi connectivity index (χ3v) is 5.68. The molecule has 0 spiro atoms. The van der Waals surface area contributed by atoms with E-state index in [-0.39, 0.29) is 29.6 Å². The van der Waals surface area contributed by atoms with Crippen LogP contribution in [0.1, 0.15) is 43.7 Å². The van der Waals surface area contributed by atoms with Crippen LogP contribution in [0.4, 0.5) is 0 Å². The number of phenolic OH excluding ortho intramolecular Hbond substituents is 1. The second-order valence-electron chi connectivity index (χ2n) is 7.09. The summed E-state index contributed by atoms with van der Waals surface area (Å²) in [5.74, 6) is -0.509. The molecule has 2 amide bonds. The monoisotopic (exact) mass is 329 g/mol. The van der Waals surface area contributed by atoms with Crippen LogP contribution >= 0.6 is 0 Å². The van der Waals surface area contributed by atoms with Gasteiger partial charge in [-0.25, -0.2) is 10.4 Å². The highest BCUT2D eigenvalue weighted by atomic mass is 16.3. The molecule has 2 N–H and O–H groups in total. The first-order valence-electron chi connectivity index (χ1n) is 8.73. The standard InChI is InChI=1S/C18H23N3O3/c1-20-16-14(15(19-20)12-9-5-6-10-13(12)22)17(23)21(18(16)24)11-7-3-2-4-8-11/h5-6,9-11,14-16,19,22H,2-4,7-8H2,1H3/t14-,15-,16-/m1/s1. The van der Waals surface area contributed by atoms with Gasteiger partial charge in [0.1, 0.15) is 11.8 Å². The highest BCUT2D eigenvalue weighted by Gasteiger charge is 2.59. The summed E-state index contributed by atoms with van der Waals surface area (Å²) < 4.78 is 0. The molecule has 0 bridgehead atoms. The van der Waals surface area contributed by atoms with Crippen molar-refractivity contribution in [1.29, 1.82) is 0 Å². The Bertz CT molecular complexity index is 671. The number of nitrogens with zero attached hydrogens (tertiary/aromatic N) is 2. The van der Waals surface area contributed by atoms with Gasteiger partial charge >= 0.3 is 0 Å². The molecular formula is C18H23N3O3. The lowest BCUT2D eigenvalue weighted by molar-refractivity contribution is -0.144. The molecule has 0 radical (unpaired) electrons. The molecule has 3 fully saturated rings. The van der Waals surface area contributed by atoms with E-state index in [0.717, 1.165) is 25.7 Å². The SMILES string of the molecule is CN1N[C@H](c2ccccc2O)[C@H]2C(=O)N(C3CCCCC3)C(=O)[C@@H]21. The molecule has 6 nitrogen and oxygen atoms in total. The molecule has 1 aromatic rings. The number of amides is 2. The van der Waals surface area contributed by atoms with Gasteiger partial charge in [-0.15, -0.1) is 0 Å². The minimum absolute atomic E-state index is 0.0442. The van der Waals surface area contributed by atoms with Gasteiger partial charge in [0.15, 0.2) is 0 Å². The number of phenols is 1. The molecule has 1 aliphatic carbocycles. The van der Waals surface area contributed by atoms with Gasteiger partial charge in [-0.3, -0.25) is 14.5 Å². The molecule has 0 unspecified atom stereocenters. The number of likely N-dealkylation sites (N-methyl/N-ethyl adjacent to an activating group) is 1. The zero-order valence-corrected chi connectivity index (χ0v) is 13.8. The third-order valence-electron chi connectivity index (χ3n) is 5.68. The highest BCUT2D eigenvalue weighted by molar-refractivity contribution is 6.08. The van der Waals surface area contributed by atoms with Gasteiger partial charge in [0.25, 0.3) is 0 Å². The van der Waals surface area contributed by atoms with Gasteiger partial charge in [-0.05, 0) is 18.9 Å². The number of imide groups is 1. The molecule has 3 atom stereocenters. The average molecular weight is 329 g/mol. The van der Waals surface area contributed by atoms with E-state index in [9.17, 15) is 14.7 Å². The number of hydrazine groups is 1. The van der Waals surface area contributed by atoms with Gasteiger partial charge in [-0.2, -0.15) is 0 Å². The molecule has 128 valence electrons. The van der Waals surface area contributed by atoms with Crippen LogP contribution in [-0.2, 0) is 9.59 Å². The zero-order valence-electron chi connectivity index (χ0n) is 13.8. The minimum Gasteiger partial charge on any atom is -0.508 e. The van der Waals surface area contributed by atoms with Crippen LogP contribution in [0.15, 0.2) is 24.3 Å². The van der Waals surface area contributed by atoms with Crippen molar-refractivity contribution in [2.24, 2.45) is 5.92 Å². The van der Waals surface area contributed by atoms with Gasteiger partial charge in [-0.1, -0.05) is 37.5 Å². The van der Waals surface area contributed by atoms with Crippen LogP contribution in [0.3, 0.4) is 0 Å². The summed E-state index contributed by atoms with van der Waals surface area (Å²) >= 11 is 0. The first-order valence-corrected chi connectivity index (χ1v) is 8.73.